The Hall–Kier alpha value is -2.58. The van der Waals surface area contributed by atoms with E-state index >= 15 is 0 Å². The molecule has 0 atom stereocenters. The van der Waals surface area contributed by atoms with Gasteiger partial charge in [0.05, 0.1) is 22.6 Å². The van der Waals surface area contributed by atoms with Crippen molar-refractivity contribution in [2.45, 2.75) is 11.3 Å². The van der Waals surface area contributed by atoms with Crippen molar-refractivity contribution in [2.24, 2.45) is 0 Å². The van der Waals surface area contributed by atoms with Crippen LogP contribution in [-0.2, 0) is 25.8 Å². The molecule has 0 aromatic heterocycles. The lowest BCUT2D eigenvalue weighted by Gasteiger charge is -2.09. The molecule has 2 aromatic rings. The minimum atomic E-state index is -3.50. The fraction of sp³-hybridized carbons (Fsp3) is 0.263. The number of methoxy groups -OCH3 is 1. The third-order valence-electron chi connectivity index (χ3n) is 3.82. The number of amides is 1. The Labute approximate surface area is 168 Å². The van der Waals surface area contributed by atoms with E-state index in [4.69, 9.17) is 21.1 Å². The van der Waals surface area contributed by atoms with E-state index in [0.29, 0.717) is 13.0 Å². The van der Waals surface area contributed by atoms with E-state index in [1.165, 1.54) is 12.1 Å². The third kappa shape index (κ3) is 6.24. The van der Waals surface area contributed by atoms with Crippen LogP contribution in [0.2, 0.25) is 5.02 Å². The van der Waals surface area contributed by atoms with Gasteiger partial charge in [-0.2, -0.15) is 0 Å². The van der Waals surface area contributed by atoms with Crippen LogP contribution < -0.4 is 10.1 Å². The molecule has 28 heavy (non-hydrogen) atoms. The second kappa shape index (κ2) is 9.57. The van der Waals surface area contributed by atoms with Gasteiger partial charge in [-0.05, 0) is 42.3 Å². The molecule has 0 radical (unpaired) electrons. The largest absolute Gasteiger partial charge is 0.497 e. The van der Waals surface area contributed by atoms with Crippen LogP contribution in [0.1, 0.15) is 15.9 Å². The smallest absolute Gasteiger partial charge is 0.340 e. The summed E-state index contributed by atoms with van der Waals surface area (Å²) >= 11 is 5.92. The molecule has 0 unspecified atom stereocenters. The third-order valence-corrected chi connectivity index (χ3v) is 5.25. The first-order valence-corrected chi connectivity index (χ1v) is 10.5. The number of carbonyl (C=O) groups is 2. The molecule has 0 saturated carbocycles. The van der Waals surface area contributed by atoms with Crippen LogP contribution in [0.15, 0.2) is 47.4 Å². The number of esters is 1. The quantitative estimate of drug-likeness (QED) is 0.651. The van der Waals surface area contributed by atoms with Gasteiger partial charge >= 0.3 is 5.97 Å². The van der Waals surface area contributed by atoms with Crippen LogP contribution in [0.4, 0.5) is 0 Å². The lowest BCUT2D eigenvalue weighted by atomic mass is 10.1. The summed E-state index contributed by atoms with van der Waals surface area (Å²) in [4.78, 5) is 23.9. The number of hydrogen-bond acceptors (Lipinski definition) is 6. The fourth-order valence-electron chi connectivity index (χ4n) is 2.29. The summed E-state index contributed by atoms with van der Waals surface area (Å²) in [6, 6.07) is 11.1. The summed E-state index contributed by atoms with van der Waals surface area (Å²) < 4.78 is 33.2. The summed E-state index contributed by atoms with van der Waals surface area (Å²) in [6.45, 7) is -0.131. The highest BCUT2D eigenvalue weighted by Gasteiger charge is 2.17. The van der Waals surface area contributed by atoms with Gasteiger partial charge in [0.2, 0.25) is 0 Å². The van der Waals surface area contributed by atoms with Gasteiger partial charge in [-0.3, -0.25) is 4.79 Å². The highest BCUT2D eigenvalue weighted by atomic mass is 35.5. The molecule has 0 aliphatic rings. The molecule has 7 nitrogen and oxygen atoms in total. The average Bonchev–Trinajstić information content (AvgIpc) is 2.66. The minimum absolute atomic E-state index is 0.0392. The van der Waals surface area contributed by atoms with E-state index in [0.717, 1.165) is 23.6 Å². The molecule has 2 aromatic carbocycles. The number of rotatable bonds is 8. The first-order valence-electron chi connectivity index (χ1n) is 8.27. The summed E-state index contributed by atoms with van der Waals surface area (Å²) in [5, 5.41) is 2.68. The van der Waals surface area contributed by atoms with Gasteiger partial charge in [0.15, 0.2) is 16.4 Å². The standard InChI is InChI=1S/C19H20ClNO6S/c1-26-14-5-3-13(4-6-14)9-10-21-18(22)12-27-19(23)16-11-15(28(2,24)25)7-8-17(16)20/h3-8,11H,9-10,12H2,1-2H3,(H,21,22). The minimum Gasteiger partial charge on any atom is -0.497 e. The molecule has 1 N–H and O–H groups in total. The van der Waals surface area contributed by atoms with E-state index in [1.54, 1.807) is 7.11 Å². The number of halogens is 1. The van der Waals surface area contributed by atoms with Crippen LogP contribution in [0.3, 0.4) is 0 Å². The molecule has 0 aliphatic heterocycles. The molecular weight excluding hydrogens is 406 g/mol. The molecule has 9 heteroatoms. The van der Waals surface area contributed by atoms with Gasteiger partial charge in [0.25, 0.3) is 5.91 Å². The highest BCUT2D eigenvalue weighted by molar-refractivity contribution is 7.90. The predicted molar refractivity (Wildman–Crippen MR) is 105 cm³/mol. The Kier molecular flexibility index (Phi) is 7.42. The Balaban J connectivity index is 1.84. The van der Waals surface area contributed by atoms with Gasteiger partial charge < -0.3 is 14.8 Å². The van der Waals surface area contributed by atoms with Crippen molar-refractivity contribution in [3.8, 4) is 5.75 Å². The topological polar surface area (TPSA) is 98.8 Å². The van der Waals surface area contributed by atoms with E-state index in [1.807, 2.05) is 24.3 Å². The van der Waals surface area contributed by atoms with Crippen LogP contribution >= 0.6 is 11.6 Å². The molecule has 0 spiro atoms. The first kappa shape index (κ1) is 21.7. The van der Waals surface area contributed by atoms with E-state index < -0.39 is 28.3 Å². The maximum absolute atomic E-state index is 12.1. The van der Waals surface area contributed by atoms with Crippen LogP contribution in [0, 0.1) is 0 Å². The van der Waals surface area contributed by atoms with Crippen molar-refractivity contribution in [2.75, 3.05) is 26.5 Å². The number of ether oxygens (including phenoxy) is 2. The van der Waals surface area contributed by atoms with Crippen molar-refractivity contribution in [1.82, 2.24) is 5.32 Å². The molecule has 2 rings (SSSR count). The van der Waals surface area contributed by atoms with Crippen molar-refractivity contribution >= 4 is 33.3 Å². The molecule has 0 bridgehead atoms. The summed E-state index contributed by atoms with van der Waals surface area (Å²) in [6.07, 6.45) is 1.62. The van der Waals surface area contributed by atoms with Gasteiger partial charge in [0.1, 0.15) is 5.75 Å². The van der Waals surface area contributed by atoms with Crippen LogP contribution in [-0.4, -0.2) is 46.8 Å². The second-order valence-corrected chi connectivity index (χ2v) is 8.36. The van der Waals surface area contributed by atoms with Gasteiger partial charge in [-0.25, -0.2) is 13.2 Å². The number of sulfone groups is 1. The molecule has 1 amide bonds. The predicted octanol–water partition coefficient (Wildman–Crippen LogP) is 2.27. The molecule has 0 saturated heterocycles. The zero-order valence-corrected chi connectivity index (χ0v) is 17.0. The highest BCUT2D eigenvalue weighted by Crippen LogP contribution is 2.21. The van der Waals surface area contributed by atoms with Crippen LogP contribution in [0.5, 0.6) is 5.75 Å². The van der Waals surface area contributed by atoms with E-state index in [2.05, 4.69) is 5.32 Å². The second-order valence-electron chi connectivity index (χ2n) is 5.94. The Morgan fingerprint density at radius 2 is 1.79 bits per heavy atom. The SMILES string of the molecule is COc1ccc(CCNC(=O)COC(=O)c2cc(S(C)(=O)=O)ccc2Cl)cc1. The van der Waals surface area contributed by atoms with Gasteiger partial charge in [-0.1, -0.05) is 23.7 Å². The average molecular weight is 426 g/mol. The number of carbonyl (C=O) groups excluding carboxylic acids is 2. The van der Waals surface area contributed by atoms with Crippen LogP contribution in [0.25, 0.3) is 0 Å². The maximum atomic E-state index is 12.1. The lowest BCUT2D eigenvalue weighted by molar-refractivity contribution is -0.124. The number of benzene rings is 2. The Morgan fingerprint density at radius 3 is 2.39 bits per heavy atom. The zero-order chi connectivity index (χ0) is 20.7. The van der Waals surface area contributed by atoms with Gasteiger partial charge in [0, 0.05) is 12.8 Å². The lowest BCUT2D eigenvalue weighted by Crippen LogP contribution is -2.30. The summed E-state index contributed by atoms with van der Waals surface area (Å²) in [7, 11) is -1.92. The summed E-state index contributed by atoms with van der Waals surface area (Å²) in [5.41, 5.74) is 0.901. The molecule has 150 valence electrons. The fourth-order valence-corrected chi connectivity index (χ4v) is 3.13. The Morgan fingerprint density at radius 1 is 1.11 bits per heavy atom. The molecule has 0 heterocycles. The Bertz CT molecular complexity index is 957. The molecule has 0 fully saturated rings. The van der Waals surface area contributed by atoms with Crippen molar-refractivity contribution in [3.63, 3.8) is 0 Å². The zero-order valence-electron chi connectivity index (χ0n) is 15.4. The summed E-state index contributed by atoms with van der Waals surface area (Å²) in [5.74, 6) is -0.601. The maximum Gasteiger partial charge on any atom is 0.340 e. The monoisotopic (exact) mass is 425 g/mol. The van der Waals surface area contributed by atoms with Crippen molar-refractivity contribution < 1.29 is 27.5 Å². The first-order chi connectivity index (χ1) is 13.2. The molecule has 0 aliphatic carbocycles. The van der Waals surface area contributed by atoms with E-state index in [-0.39, 0.29) is 15.5 Å². The van der Waals surface area contributed by atoms with Crippen molar-refractivity contribution in [3.05, 3.63) is 58.6 Å². The van der Waals surface area contributed by atoms with E-state index in [9.17, 15) is 18.0 Å². The number of nitrogens with one attached hydrogen (secondary N) is 1. The molecular formula is C19H20ClNO6S. The van der Waals surface area contributed by atoms with Gasteiger partial charge in [-0.15, -0.1) is 0 Å². The normalized spacial score (nSPS) is 11.0. The van der Waals surface area contributed by atoms with Crippen molar-refractivity contribution in [1.29, 1.82) is 0 Å². The number of hydrogen-bond donors (Lipinski definition) is 1.